The largest absolute Gasteiger partial charge is 0.488 e. The molecule has 4 heteroatoms. The highest BCUT2D eigenvalue weighted by Crippen LogP contribution is 2.29. The van der Waals surface area contributed by atoms with Crippen LogP contribution in [-0.4, -0.2) is 11.1 Å². The molecule has 0 bridgehead atoms. The van der Waals surface area contributed by atoms with Crippen LogP contribution in [0.5, 0.6) is 5.75 Å². The Morgan fingerprint density at radius 2 is 2.10 bits per heavy atom. The number of hydrogen-bond acceptors (Lipinski definition) is 3. The third kappa shape index (κ3) is 3.02. The fourth-order valence-corrected chi connectivity index (χ4v) is 2.03. The van der Waals surface area contributed by atoms with Crippen molar-refractivity contribution < 1.29 is 19.1 Å². The van der Waals surface area contributed by atoms with Gasteiger partial charge in [0.05, 0.1) is 6.26 Å². The van der Waals surface area contributed by atoms with Gasteiger partial charge in [0.2, 0.25) is 5.76 Å². The Kier molecular flexibility index (Phi) is 4.45. The number of carboxylic acids is 1. The summed E-state index contributed by atoms with van der Waals surface area (Å²) in [5.41, 5.74) is 1.67. The molecule has 0 aliphatic heterocycles. The zero-order valence-corrected chi connectivity index (χ0v) is 11.6. The fourth-order valence-electron chi connectivity index (χ4n) is 2.03. The van der Waals surface area contributed by atoms with Crippen molar-refractivity contribution in [2.24, 2.45) is 0 Å². The van der Waals surface area contributed by atoms with Gasteiger partial charge in [0.25, 0.3) is 0 Å². The third-order valence-electron chi connectivity index (χ3n) is 3.39. The molecule has 106 valence electrons. The first kappa shape index (κ1) is 14.2. The summed E-state index contributed by atoms with van der Waals surface area (Å²) in [4.78, 5) is 11.0. The second-order valence-electron chi connectivity index (χ2n) is 4.72. The molecule has 20 heavy (non-hydrogen) atoms. The number of ether oxygens (including phenoxy) is 1. The van der Waals surface area contributed by atoms with E-state index in [9.17, 15) is 4.79 Å². The van der Waals surface area contributed by atoms with Crippen LogP contribution in [0.4, 0.5) is 0 Å². The summed E-state index contributed by atoms with van der Waals surface area (Å²) in [6.45, 7) is 4.45. The molecule has 0 unspecified atom stereocenters. The molecule has 1 N–H and O–H groups in total. The normalized spacial score (nSPS) is 12.1. The van der Waals surface area contributed by atoms with Gasteiger partial charge in [-0.1, -0.05) is 32.0 Å². The van der Waals surface area contributed by atoms with E-state index >= 15 is 0 Å². The molecule has 0 aliphatic rings. The van der Waals surface area contributed by atoms with Crippen molar-refractivity contribution >= 4 is 5.97 Å². The number of aromatic carboxylic acids is 1. The molecule has 0 aliphatic carbocycles. The molecule has 1 heterocycles. The van der Waals surface area contributed by atoms with Gasteiger partial charge in [-0.2, -0.15) is 0 Å². The molecule has 2 aromatic rings. The van der Waals surface area contributed by atoms with Gasteiger partial charge in [-0.3, -0.25) is 0 Å². The van der Waals surface area contributed by atoms with Crippen LogP contribution in [0.25, 0.3) is 0 Å². The Hall–Kier alpha value is -2.23. The van der Waals surface area contributed by atoms with Gasteiger partial charge in [-0.05, 0) is 30.0 Å². The van der Waals surface area contributed by atoms with E-state index < -0.39 is 5.97 Å². The maximum Gasteiger partial charge on any atom is 0.372 e. The summed E-state index contributed by atoms with van der Waals surface area (Å²) in [6.07, 6.45) is 2.38. The first-order valence-electron chi connectivity index (χ1n) is 6.64. The Morgan fingerprint density at radius 3 is 2.80 bits per heavy atom. The molecule has 1 aromatic heterocycles. The summed E-state index contributed by atoms with van der Waals surface area (Å²) in [5, 5.41) is 8.98. The second kappa shape index (κ2) is 6.28. The number of para-hydroxylation sites is 1. The van der Waals surface area contributed by atoms with E-state index in [1.54, 1.807) is 6.07 Å². The monoisotopic (exact) mass is 274 g/mol. The number of benzene rings is 1. The van der Waals surface area contributed by atoms with Crippen LogP contribution in [0.15, 0.2) is 41.0 Å². The first-order valence-corrected chi connectivity index (χ1v) is 6.64. The Bertz CT molecular complexity index is 586. The average molecular weight is 274 g/mol. The summed E-state index contributed by atoms with van der Waals surface area (Å²) in [7, 11) is 0. The lowest BCUT2D eigenvalue weighted by atomic mass is 9.98. The number of carbonyl (C=O) groups is 1. The third-order valence-corrected chi connectivity index (χ3v) is 3.39. The topological polar surface area (TPSA) is 59.7 Å². The van der Waals surface area contributed by atoms with Crippen LogP contribution >= 0.6 is 0 Å². The molecule has 0 amide bonds. The van der Waals surface area contributed by atoms with Crippen LogP contribution in [0.3, 0.4) is 0 Å². The van der Waals surface area contributed by atoms with Gasteiger partial charge in [-0.15, -0.1) is 0 Å². The van der Waals surface area contributed by atoms with E-state index in [0.717, 1.165) is 17.7 Å². The molecular weight excluding hydrogens is 256 g/mol. The van der Waals surface area contributed by atoms with Gasteiger partial charge >= 0.3 is 5.97 Å². The lowest BCUT2D eigenvalue weighted by Gasteiger charge is -2.15. The molecular formula is C16H18O4. The SMILES string of the molecule is CC[C@H](C)c1ccccc1OCc1ccoc1C(=O)O. The van der Waals surface area contributed by atoms with E-state index in [2.05, 4.69) is 13.8 Å². The summed E-state index contributed by atoms with van der Waals surface area (Å²) >= 11 is 0. The lowest BCUT2D eigenvalue weighted by molar-refractivity contribution is 0.0658. The van der Waals surface area contributed by atoms with Gasteiger partial charge < -0.3 is 14.3 Å². The molecule has 1 aromatic carbocycles. The van der Waals surface area contributed by atoms with E-state index in [1.807, 2.05) is 24.3 Å². The van der Waals surface area contributed by atoms with E-state index in [-0.39, 0.29) is 12.4 Å². The maximum absolute atomic E-state index is 11.0. The Labute approximate surface area is 118 Å². The highest BCUT2D eigenvalue weighted by molar-refractivity contribution is 5.86. The molecule has 4 nitrogen and oxygen atoms in total. The summed E-state index contributed by atoms with van der Waals surface area (Å²) in [6, 6.07) is 9.46. The predicted molar refractivity (Wildman–Crippen MR) is 75.1 cm³/mol. The van der Waals surface area contributed by atoms with Gasteiger partial charge in [-0.25, -0.2) is 4.79 Å². The minimum absolute atomic E-state index is 0.0639. The van der Waals surface area contributed by atoms with Crippen molar-refractivity contribution in [3.05, 3.63) is 53.5 Å². The van der Waals surface area contributed by atoms with Crippen LogP contribution in [0.1, 0.15) is 47.9 Å². The second-order valence-corrected chi connectivity index (χ2v) is 4.72. The van der Waals surface area contributed by atoms with Crippen molar-refractivity contribution in [2.45, 2.75) is 32.8 Å². The van der Waals surface area contributed by atoms with E-state index in [1.165, 1.54) is 6.26 Å². The number of rotatable bonds is 6. The number of carboxylic acid groups (broad SMARTS) is 1. The summed E-state index contributed by atoms with van der Waals surface area (Å²) < 4.78 is 10.7. The zero-order valence-electron chi connectivity index (χ0n) is 11.6. The van der Waals surface area contributed by atoms with Crippen LogP contribution in [-0.2, 0) is 6.61 Å². The van der Waals surface area contributed by atoms with Crippen LogP contribution in [0.2, 0.25) is 0 Å². The molecule has 1 atom stereocenters. The van der Waals surface area contributed by atoms with Crippen molar-refractivity contribution in [2.75, 3.05) is 0 Å². The van der Waals surface area contributed by atoms with Crippen molar-refractivity contribution in [1.82, 2.24) is 0 Å². The molecule has 0 spiro atoms. The van der Waals surface area contributed by atoms with Crippen LogP contribution < -0.4 is 4.74 Å². The molecule has 0 radical (unpaired) electrons. The highest BCUT2D eigenvalue weighted by atomic mass is 16.5. The van der Waals surface area contributed by atoms with Gasteiger partial charge in [0.15, 0.2) is 0 Å². The van der Waals surface area contributed by atoms with Gasteiger partial charge in [0, 0.05) is 5.56 Å². The maximum atomic E-state index is 11.0. The Balaban J connectivity index is 2.15. The number of furan rings is 1. The first-order chi connectivity index (χ1) is 9.63. The average Bonchev–Trinajstić information content (AvgIpc) is 2.93. The molecule has 0 fully saturated rings. The zero-order chi connectivity index (χ0) is 14.5. The van der Waals surface area contributed by atoms with Crippen molar-refractivity contribution in [3.8, 4) is 5.75 Å². The minimum Gasteiger partial charge on any atom is -0.488 e. The van der Waals surface area contributed by atoms with E-state index in [0.29, 0.717) is 11.5 Å². The quantitative estimate of drug-likeness (QED) is 0.862. The van der Waals surface area contributed by atoms with E-state index in [4.69, 9.17) is 14.3 Å². The summed E-state index contributed by atoms with van der Waals surface area (Å²) in [5.74, 6) is 0.0451. The van der Waals surface area contributed by atoms with Gasteiger partial charge in [0.1, 0.15) is 12.4 Å². The standard InChI is InChI=1S/C16H18O4/c1-3-11(2)13-6-4-5-7-14(13)20-10-12-8-9-19-15(12)16(17)18/h4-9,11H,3,10H2,1-2H3,(H,17,18)/t11-/m0/s1. The highest BCUT2D eigenvalue weighted by Gasteiger charge is 2.15. The minimum atomic E-state index is -1.08. The Morgan fingerprint density at radius 1 is 1.35 bits per heavy atom. The van der Waals surface area contributed by atoms with Crippen molar-refractivity contribution in [1.29, 1.82) is 0 Å². The molecule has 0 saturated carbocycles. The fraction of sp³-hybridized carbons (Fsp3) is 0.312. The molecule has 0 saturated heterocycles. The van der Waals surface area contributed by atoms with Crippen molar-refractivity contribution in [3.63, 3.8) is 0 Å². The van der Waals surface area contributed by atoms with Crippen LogP contribution in [0, 0.1) is 0 Å². The molecule has 2 rings (SSSR count). The lowest BCUT2D eigenvalue weighted by Crippen LogP contribution is -2.04. The smallest absolute Gasteiger partial charge is 0.372 e. The number of hydrogen-bond donors (Lipinski definition) is 1. The predicted octanol–water partition coefficient (Wildman–Crippen LogP) is 4.07.